The van der Waals surface area contributed by atoms with Crippen molar-refractivity contribution in [3.8, 4) is 0 Å². The number of imide groups is 1. The fourth-order valence-corrected chi connectivity index (χ4v) is 4.09. The van der Waals surface area contributed by atoms with Gasteiger partial charge in [-0.15, -0.1) is 0 Å². The molecule has 0 aromatic heterocycles. The van der Waals surface area contributed by atoms with Crippen LogP contribution in [0.2, 0.25) is 0 Å². The van der Waals surface area contributed by atoms with Gasteiger partial charge in [0.05, 0.1) is 12.2 Å². The third-order valence-corrected chi connectivity index (χ3v) is 7.45. The van der Waals surface area contributed by atoms with E-state index >= 15 is 0 Å². The lowest BCUT2D eigenvalue weighted by atomic mass is 9.68. The van der Waals surface area contributed by atoms with E-state index < -0.39 is 18.0 Å². The first kappa shape index (κ1) is 27.4. The summed E-state index contributed by atoms with van der Waals surface area (Å²) in [5, 5.41) is 0.529. The zero-order valence-corrected chi connectivity index (χ0v) is 20.6. The van der Waals surface area contributed by atoms with Crippen LogP contribution in [0.5, 0.6) is 0 Å². The predicted molar refractivity (Wildman–Crippen MR) is 119 cm³/mol. The van der Waals surface area contributed by atoms with Crippen molar-refractivity contribution in [1.82, 2.24) is 5.06 Å². The monoisotopic (exact) mass is 441 g/mol. The number of rotatable bonds is 14. The van der Waals surface area contributed by atoms with Crippen molar-refractivity contribution in [3.05, 3.63) is 0 Å². The van der Waals surface area contributed by atoms with Gasteiger partial charge in [0.2, 0.25) is 0 Å². The van der Waals surface area contributed by atoms with Crippen LogP contribution in [-0.4, -0.2) is 42.4 Å². The van der Waals surface area contributed by atoms with E-state index in [4.69, 9.17) is 14.3 Å². The predicted octanol–water partition coefficient (Wildman–Crippen LogP) is 5.66. The molecule has 1 fully saturated rings. The van der Waals surface area contributed by atoms with Crippen molar-refractivity contribution in [2.24, 2.45) is 17.3 Å². The number of nitrogens with zero attached hydrogens (tertiary/aromatic N) is 1. The summed E-state index contributed by atoms with van der Waals surface area (Å²) in [7, 11) is 1.77. The second kappa shape index (κ2) is 12.4. The van der Waals surface area contributed by atoms with Gasteiger partial charge in [0.25, 0.3) is 11.8 Å². The number of ether oxygens (including phenoxy) is 2. The van der Waals surface area contributed by atoms with Gasteiger partial charge in [-0.3, -0.25) is 14.4 Å². The van der Waals surface area contributed by atoms with Crippen molar-refractivity contribution in [2.75, 3.05) is 13.7 Å². The normalized spacial score (nSPS) is 20.2. The minimum atomic E-state index is -0.992. The molecule has 0 N–H and O–H groups in total. The van der Waals surface area contributed by atoms with Crippen LogP contribution in [0.4, 0.5) is 4.79 Å². The zero-order valence-electron chi connectivity index (χ0n) is 20.6. The maximum absolute atomic E-state index is 12.2. The molecule has 0 spiro atoms. The number of amides is 2. The van der Waals surface area contributed by atoms with E-state index in [0.29, 0.717) is 11.0 Å². The van der Waals surface area contributed by atoms with Crippen LogP contribution in [0.25, 0.3) is 0 Å². The van der Waals surface area contributed by atoms with Gasteiger partial charge in [-0.25, -0.2) is 4.79 Å². The summed E-state index contributed by atoms with van der Waals surface area (Å²) in [6.45, 7) is 13.3. The first-order chi connectivity index (χ1) is 14.5. The second-order valence-electron chi connectivity index (χ2n) is 9.55. The van der Waals surface area contributed by atoms with E-state index in [2.05, 4.69) is 41.5 Å². The van der Waals surface area contributed by atoms with Gasteiger partial charge in [0.15, 0.2) is 0 Å². The number of hydrogen-bond acceptors (Lipinski definition) is 6. The maximum atomic E-state index is 12.2. The highest BCUT2D eigenvalue weighted by atomic mass is 16.8. The molecule has 1 aliphatic heterocycles. The Hall–Kier alpha value is -1.63. The summed E-state index contributed by atoms with van der Waals surface area (Å²) in [5.41, 5.74) is -0.124. The molecule has 1 rings (SSSR count). The molecular formula is C24H43NO6. The van der Waals surface area contributed by atoms with E-state index in [1.165, 1.54) is 0 Å². The Bertz CT molecular complexity index is 587. The van der Waals surface area contributed by atoms with Crippen LogP contribution in [0.1, 0.15) is 99.3 Å². The van der Waals surface area contributed by atoms with E-state index in [1.54, 1.807) is 7.11 Å². The van der Waals surface area contributed by atoms with Crippen LogP contribution in [0, 0.1) is 17.3 Å². The molecule has 0 radical (unpaired) electrons. The average Bonchev–Trinajstić information content (AvgIpc) is 3.07. The van der Waals surface area contributed by atoms with Gasteiger partial charge in [-0.05, 0) is 49.9 Å². The van der Waals surface area contributed by atoms with Gasteiger partial charge < -0.3 is 9.47 Å². The molecule has 7 nitrogen and oxygen atoms in total. The van der Waals surface area contributed by atoms with Crippen LogP contribution >= 0.6 is 0 Å². The maximum Gasteiger partial charge on any atom is 0.533 e. The van der Waals surface area contributed by atoms with Crippen LogP contribution in [0.3, 0.4) is 0 Å². The van der Waals surface area contributed by atoms with Crippen molar-refractivity contribution in [2.45, 2.75) is 105 Å². The fraction of sp³-hybridized carbons (Fsp3) is 0.875. The lowest BCUT2D eigenvalue weighted by Gasteiger charge is -2.39. The summed E-state index contributed by atoms with van der Waals surface area (Å²) in [6.07, 6.45) is 6.06. The van der Waals surface area contributed by atoms with Gasteiger partial charge in [-0.1, -0.05) is 58.9 Å². The Morgan fingerprint density at radius 2 is 1.68 bits per heavy atom. The van der Waals surface area contributed by atoms with Crippen LogP contribution in [-0.2, 0) is 23.9 Å². The van der Waals surface area contributed by atoms with E-state index in [0.717, 1.165) is 44.9 Å². The zero-order chi connectivity index (χ0) is 23.7. The average molecular weight is 442 g/mol. The van der Waals surface area contributed by atoms with Crippen molar-refractivity contribution < 1.29 is 28.7 Å². The second-order valence-corrected chi connectivity index (χ2v) is 9.55. The topological polar surface area (TPSA) is 82.1 Å². The van der Waals surface area contributed by atoms with Gasteiger partial charge in [0.1, 0.15) is 0 Å². The highest BCUT2D eigenvalue weighted by Gasteiger charge is 2.37. The third-order valence-electron chi connectivity index (χ3n) is 7.45. The summed E-state index contributed by atoms with van der Waals surface area (Å²) >= 11 is 0. The molecule has 1 heterocycles. The quantitative estimate of drug-likeness (QED) is 0.256. The first-order valence-electron chi connectivity index (χ1n) is 11.8. The number of hydrogen-bond donors (Lipinski definition) is 0. The molecule has 0 bridgehead atoms. The number of carbonyl (C=O) groups is 3. The van der Waals surface area contributed by atoms with Crippen LogP contribution in [0.15, 0.2) is 0 Å². The smallest absolute Gasteiger partial charge is 0.432 e. The molecule has 31 heavy (non-hydrogen) atoms. The van der Waals surface area contributed by atoms with E-state index in [-0.39, 0.29) is 36.4 Å². The summed E-state index contributed by atoms with van der Waals surface area (Å²) < 4.78 is 11.1. The molecule has 0 aromatic carbocycles. The third kappa shape index (κ3) is 8.09. The molecule has 2 amide bonds. The van der Waals surface area contributed by atoms with E-state index in [1.807, 2.05) is 0 Å². The Kier molecular flexibility index (Phi) is 11.0. The number of carbonyl (C=O) groups excluding carboxylic acids is 3. The van der Waals surface area contributed by atoms with Gasteiger partial charge in [0, 0.05) is 20.0 Å². The molecule has 4 atom stereocenters. The fourth-order valence-electron chi connectivity index (χ4n) is 4.09. The SMILES string of the molecule is CCC(C)CC(COC(=O)ON1C(=O)CCC1=O)C(C)(CC)CCCC(C)(CC)OC. The number of methoxy groups -OCH3 is 1. The lowest BCUT2D eigenvalue weighted by molar-refractivity contribution is -0.177. The van der Waals surface area contributed by atoms with Gasteiger partial charge in [-0.2, -0.15) is 0 Å². The van der Waals surface area contributed by atoms with Crippen molar-refractivity contribution in [3.63, 3.8) is 0 Å². The summed E-state index contributed by atoms with van der Waals surface area (Å²) in [4.78, 5) is 40.4. The van der Waals surface area contributed by atoms with Crippen molar-refractivity contribution in [1.29, 1.82) is 0 Å². The van der Waals surface area contributed by atoms with Crippen LogP contribution < -0.4 is 0 Å². The Morgan fingerprint density at radius 1 is 1.06 bits per heavy atom. The Balaban J connectivity index is 2.78. The highest BCUT2D eigenvalue weighted by Crippen LogP contribution is 2.41. The minimum Gasteiger partial charge on any atom is -0.432 e. The molecule has 0 aromatic rings. The lowest BCUT2D eigenvalue weighted by Crippen LogP contribution is -2.36. The molecular weight excluding hydrogens is 398 g/mol. The molecule has 1 aliphatic rings. The highest BCUT2D eigenvalue weighted by molar-refractivity contribution is 6.01. The molecule has 0 saturated carbocycles. The summed E-state index contributed by atoms with van der Waals surface area (Å²) in [6, 6.07) is 0. The minimum absolute atomic E-state index is 0.00855. The Labute approximate surface area is 188 Å². The molecule has 4 unspecified atom stereocenters. The molecule has 0 aliphatic carbocycles. The Morgan fingerprint density at radius 3 is 2.16 bits per heavy atom. The summed E-state index contributed by atoms with van der Waals surface area (Å²) in [5.74, 6) is -0.361. The van der Waals surface area contributed by atoms with Crippen molar-refractivity contribution >= 4 is 18.0 Å². The van der Waals surface area contributed by atoms with E-state index in [9.17, 15) is 14.4 Å². The molecule has 180 valence electrons. The number of hydroxylamine groups is 2. The largest absolute Gasteiger partial charge is 0.533 e. The van der Waals surface area contributed by atoms with Gasteiger partial charge >= 0.3 is 6.16 Å². The molecule has 7 heteroatoms. The first-order valence-corrected chi connectivity index (χ1v) is 11.8. The molecule has 1 saturated heterocycles. The standard InChI is InChI=1S/C24H43NO6/c1-8-18(4)16-19(17-30-22(28)31-25-20(26)12-13-21(25)27)23(5,9-2)14-11-15-24(6,10-3)29-7/h18-19H,8-17H2,1-7H3.